The second kappa shape index (κ2) is 7.32. The Morgan fingerprint density at radius 1 is 1.28 bits per heavy atom. The number of nitrogens with zero attached hydrogens (tertiary/aromatic N) is 3. The molecular weight excluding hydrogens is 312 g/mol. The second-order valence-electron chi connectivity index (χ2n) is 7.99. The average Bonchev–Trinajstić information content (AvgIpc) is 3.03. The third-order valence-corrected chi connectivity index (χ3v) is 6.42. The highest BCUT2D eigenvalue weighted by molar-refractivity contribution is 5.79. The number of aryl methyl sites for hydroxylation is 1. The summed E-state index contributed by atoms with van der Waals surface area (Å²) < 4.78 is 1.90. The van der Waals surface area contributed by atoms with Crippen LogP contribution < -0.4 is 5.32 Å². The molecule has 3 rings (SSSR count). The monoisotopic (exact) mass is 344 g/mol. The lowest BCUT2D eigenvalue weighted by molar-refractivity contribution is -0.127. The summed E-state index contributed by atoms with van der Waals surface area (Å²) in [5, 5.41) is 8.06. The van der Waals surface area contributed by atoms with Crippen LogP contribution >= 0.6 is 0 Å². The van der Waals surface area contributed by atoms with Gasteiger partial charge in [0.25, 0.3) is 0 Å². The summed E-state index contributed by atoms with van der Waals surface area (Å²) in [6, 6.07) is 0.133. The predicted octanol–water partition coefficient (Wildman–Crippen LogP) is 2.83. The molecular formula is C20H32N4O. The van der Waals surface area contributed by atoms with Crippen LogP contribution in [0.1, 0.15) is 50.4 Å². The molecule has 1 amide bonds. The summed E-state index contributed by atoms with van der Waals surface area (Å²) >= 11 is 0. The van der Waals surface area contributed by atoms with Gasteiger partial charge in [0, 0.05) is 50.8 Å². The fraction of sp³-hybridized carbons (Fsp3) is 0.700. The van der Waals surface area contributed by atoms with Crippen molar-refractivity contribution in [2.45, 2.75) is 46.1 Å². The number of aromatic nitrogens is 2. The molecule has 1 saturated heterocycles. The lowest BCUT2D eigenvalue weighted by Crippen LogP contribution is -2.34. The maximum absolute atomic E-state index is 12.3. The van der Waals surface area contributed by atoms with Gasteiger partial charge in [0.1, 0.15) is 0 Å². The van der Waals surface area contributed by atoms with Crippen molar-refractivity contribution in [2.75, 3.05) is 20.1 Å². The fourth-order valence-electron chi connectivity index (χ4n) is 4.57. The molecule has 0 aromatic carbocycles. The number of carbonyl (C=O) groups excluding carboxylic acids is 1. The van der Waals surface area contributed by atoms with Crippen molar-refractivity contribution < 1.29 is 4.79 Å². The van der Waals surface area contributed by atoms with Crippen LogP contribution in [-0.2, 0) is 11.8 Å². The molecule has 1 aliphatic heterocycles. The zero-order chi connectivity index (χ0) is 18.1. The number of amides is 1. The molecule has 0 spiro atoms. The van der Waals surface area contributed by atoms with Gasteiger partial charge in [-0.15, -0.1) is 0 Å². The number of allylic oxidation sites excluding steroid dienone is 1. The summed E-state index contributed by atoms with van der Waals surface area (Å²) in [7, 11) is 3.89. The number of likely N-dealkylation sites (tertiary alicyclic amines) is 1. The lowest BCUT2D eigenvalue weighted by atomic mass is 9.80. The van der Waals surface area contributed by atoms with Gasteiger partial charge in [0.15, 0.2) is 0 Å². The Labute approximate surface area is 151 Å². The van der Waals surface area contributed by atoms with Crippen LogP contribution in [0, 0.1) is 24.7 Å². The fourth-order valence-corrected chi connectivity index (χ4v) is 4.57. The molecule has 0 unspecified atom stereocenters. The molecule has 0 saturated carbocycles. The van der Waals surface area contributed by atoms with Crippen molar-refractivity contribution in [1.29, 1.82) is 0 Å². The van der Waals surface area contributed by atoms with E-state index in [0.29, 0.717) is 18.3 Å². The van der Waals surface area contributed by atoms with Crippen LogP contribution in [0.4, 0.5) is 0 Å². The van der Waals surface area contributed by atoms with Crippen LogP contribution in [0.2, 0.25) is 0 Å². The summed E-state index contributed by atoms with van der Waals surface area (Å²) in [5.41, 5.74) is 3.85. The molecule has 1 N–H and O–H groups in total. The van der Waals surface area contributed by atoms with Gasteiger partial charge in [-0.25, -0.2) is 0 Å². The maximum Gasteiger partial charge on any atom is 0.223 e. The van der Waals surface area contributed by atoms with E-state index < -0.39 is 0 Å². The second-order valence-corrected chi connectivity index (χ2v) is 7.99. The minimum atomic E-state index is 0.133. The van der Waals surface area contributed by atoms with Gasteiger partial charge in [-0.2, -0.15) is 5.10 Å². The molecule has 4 atom stereocenters. The first-order chi connectivity index (χ1) is 11.9. The molecule has 138 valence electrons. The molecule has 2 aliphatic rings. The van der Waals surface area contributed by atoms with Crippen LogP contribution in [0.25, 0.3) is 0 Å². The van der Waals surface area contributed by atoms with Crippen LogP contribution in [0.5, 0.6) is 0 Å². The van der Waals surface area contributed by atoms with Crippen molar-refractivity contribution in [2.24, 2.45) is 24.8 Å². The largest absolute Gasteiger partial charge is 0.338 e. The highest BCUT2D eigenvalue weighted by Gasteiger charge is 2.39. The Hall–Kier alpha value is -1.62. The van der Waals surface area contributed by atoms with Crippen LogP contribution in [-0.4, -0.2) is 40.7 Å². The van der Waals surface area contributed by atoms with Gasteiger partial charge in [-0.05, 0) is 38.5 Å². The van der Waals surface area contributed by atoms with E-state index in [1.165, 1.54) is 24.0 Å². The molecule has 2 heterocycles. The Bertz CT molecular complexity index is 663. The van der Waals surface area contributed by atoms with E-state index in [-0.39, 0.29) is 11.9 Å². The van der Waals surface area contributed by atoms with E-state index in [1.807, 2.05) is 29.9 Å². The number of hydrogen-bond donors (Lipinski definition) is 1. The van der Waals surface area contributed by atoms with Crippen molar-refractivity contribution in [3.63, 3.8) is 0 Å². The van der Waals surface area contributed by atoms with E-state index >= 15 is 0 Å². The Kier molecular flexibility index (Phi) is 5.32. The first-order valence-electron chi connectivity index (χ1n) is 9.51. The summed E-state index contributed by atoms with van der Waals surface area (Å²) in [6.45, 7) is 8.59. The van der Waals surface area contributed by atoms with E-state index in [1.54, 1.807) is 0 Å². The molecule has 1 aromatic rings. The molecule has 5 nitrogen and oxygen atoms in total. The van der Waals surface area contributed by atoms with E-state index in [9.17, 15) is 4.79 Å². The van der Waals surface area contributed by atoms with E-state index in [2.05, 4.69) is 37.3 Å². The number of carbonyl (C=O) groups is 1. The van der Waals surface area contributed by atoms with Gasteiger partial charge in [-0.1, -0.05) is 18.6 Å². The van der Waals surface area contributed by atoms with Gasteiger partial charge >= 0.3 is 0 Å². The van der Waals surface area contributed by atoms with Gasteiger partial charge < -0.3 is 10.2 Å². The standard InChI is InChI=1S/C20H32N4O/c1-13-7-6-8-14(2)17(13)11-21-10-16-9-19(25)23(4)20(16)18-12-22-24(5)15(18)3/h7,12,14,16-17,20-21H,6,8-11H2,1-5H3/t14-,16+,17+,20-/m1/s1. The highest BCUT2D eigenvalue weighted by atomic mass is 16.2. The Morgan fingerprint density at radius 2 is 2.04 bits per heavy atom. The molecule has 1 fully saturated rings. The summed E-state index contributed by atoms with van der Waals surface area (Å²) in [5.74, 6) is 1.91. The predicted molar refractivity (Wildman–Crippen MR) is 100 cm³/mol. The van der Waals surface area contributed by atoms with Crippen molar-refractivity contribution >= 4 is 5.91 Å². The zero-order valence-electron chi connectivity index (χ0n) is 16.2. The first-order valence-corrected chi connectivity index (χ1v) is 9.51. The van der Waals surface area contributed by atoms with Crippen LogP contribution in [0.3, 0.4) is 0 Å². The van der Waals surface area contributed by atoms with Crippen molar-refractivity contribution in [3.05, 3.63) is 29.1 Å². The Morgan fingerprint density at radius 3 is 2.68 bits per heavy atom. The summed E-state index contributed by atoms with van der Waals surface area (Å²) in [6.07, 6.45) is 7.44. The quantitative estimate of drug-likeness (QED) is 0.836. The first kappa shape index (κ1) is 18.2. The van der Waals surface area contributed by atoms with Gasteiger partial charge in [0.2, 0.25) is 5.91 Å². The van der Waals surface area contributed by atoms with Crippen molar-refractivity contribution in [1.82, 2.24) is 20.0 Å². The molecule has 1 aromatic heterocycles. The zero-order valence-corrected chi connectivity index (χ0v) is 16.2. The van der Waals surface area contributed by atoms with E-state index in [4.69, 9.17) is 0 Å². The molecule has 0 radical (unpaired) electrons. The van der Waals surface area contributed by atoms with E-state index in [0.717, 1.165) is 24.7 Å². The molecule has 25 heavy (non-hydrogen) atoms. The number of nitrogens with one attached hydrogen (secondary N) is 1. The SMILES string of the molecule is CC1=CCC[C@@H](C)[C@H]1CNC[C@@H]1CC(=O)N(C)[C@H]1c1cnn(C)c1C. The minimum absolute atomic E-state index is 0.133. The minimum Gasteiger partial charge on any atom is -0.338 e. The maximum atomic E-state index is 12.3. The topological polar surface area (TPSA) is 50.2 Å². The average molecular weight is 345 g/mol. The number of hydrogen-bond acceptors (Lipinski definition) is 3. The highest BCUT2D eigenvalue weighted by Crippen LogP contribution is 2.38. The number of rotatable bonds is 5. The lowest BCUT2D eigenvalue weighted by Gasteiger charge is -2.30. The molecule has 0 bridgehead atoms. The molecule has 1 aliphatic carbocycles. The normalized spacial score (nSPS) is 30.0. The van der Waals surface area contributed by atoms with Gasteiger partial charge in [-0.3, -0.25) is 9.48 Å². The Balaban J connectivity index is 1.66. The summed E-state index contributed by atoms with van der Waals surface area (Å²) in [4.78, 5) is 14.2. The van der Waals surface area contributed by atoms with Crippen molar-refractivity contribution in [3.8, 4) is 0 Å². The van der Waals surface area contributed by atoms with Gasteiger partial charge in [0.05, 0.1) is 12.2 Å². The third kappa shape index (κ3) is 3.52. The van der Waals surface area contributed by atoms with Crippen LogP contribution in [0.15, 0.2) is 17.8 Å². The molecule has 5 heteroatoms. The third-order valence-electron chi connectivity index (χ3n) is 6.42. The smallest absolute Gasteiger partial charge is 0.223 e.